The molecule has 0 heterocycles. The summed E-state index contributed by atoms with van der Waals surface area (Å²) in [6.45, 7) is 14.9. The van der Waals surface area contributed by atoms with Gasteiger partial charge in [-0.15, -0.1) is 0 Å². The van der Waals surface area contributed by atoms with Crippen LogP contribution in [0.2, 0.25) is 0 Å². The monoisotopic (exact) mass is 207 g/mol. The van der Waals surface area contributed by atoms with Gasteiger partial charge in [-0.25, -0.2) is 0 Å². The molecule has 0 bridgehead atoms. The molecule has 14 heavy (non-hydrogen) atoms. The second-order valence-electron chi connectivity index (χ2n) is 2.53. The minimum Gasteiger partial charge on any atom is -0.395 e. The molecule has 0 fully saturated rings. The normalized spacial score (nSPS) is 6.64. The first-order valence-electron chi connectivity index (χ1n) is 5.43. The molecule has 0 aromatic heterocycles. The number of hydrogen-bond acceptors (Lipinski definition) is 2. The zero-order valence-corrected chi connectivity index (χ0v) is 10.9. The van der Waals surface area contributed by atoms with Crippen LogP contribution in [0.1, 0.15) is 48.5 Å². The average molecular weight is 207 g/mol. The van der Waals surface area contributed by atoms with E-state index in [1.54, 1.807) is 0 Å². The van der Waals surface area contributed by atoms with Gasteiger partial charge in [0.15, 0.2) is 0 Å². The summed E-state index contributed by atoms with van der Waals surface area (Å²) in [6.07, 6.45) is 0.552. The maximum absolute atomic E-state index is 9.34. The van der Waals surface area contributed by atoms with E-state index in [0.717, 1.165) is 5.92 Å². The van der Waals surface area contributed by atoms with Crippen LogP contribution in [0.25, 0.3) is 0 Å². The first-order chi connectivity index (χ1) is 6.65. The number of carbonyl (C=O) groups excluding carboxylic acids is 1. The van der Waals surface area contributed by atoms with Crippen molar-refractivity contribution in [3.05, 3.63) is 0 Å². The highest BCUT2D eigenvalue weighted by Crippen LogP contribution is 1.81. The van der Waals surface area contributed by atoms with E-state index < -0.39 is 0 Å². The number of hydrogen-bond donors (Lipinski definition) is 2. The SMILES string of the molecule is CC.CC.CC(C)C.O=CNCCO. The smallest absolute Gasteiger partial charge is 0.207 e. The Bertz CT molecular complexity index is 63.6. The van der Waals surface area contributed by atoms with Gasteiger partial charge in [0.05, 0.1) is 6.61 Å². The largest absolute Gasteiger partial charge is 0.395 e. The molecule has 0 radical (unpaired) electrons. The van der Waals surface area contributed by atoms with E-state index in [9.17, 15) is 4.79 Å². The van der Waals surface area contributed by atoms with Crippen LogP contribution in [0.3, 0.4) is 0 Å². The van der Waals surface area contributed by atoms with Gasteiger partial charge in [0.2, 0.25) is 6.41 Å². The van der Waals surface area contributed by atoms with Gasteiger partial charge in [-0.1, -0.05) is 48.5 Å². The Kier molecular flexibility index (Phi) is 65.5. The topological polar surface area (TPSA) is 49.3 Å². The summed E-state index contributed by atoms with van der Waals surface area (Å²) in [5, 5.41) is 10.2. The lowest BCUT2D eigenvalue weighted by Crippen LogP contribution is -2.14. The molecule has 3 heteroatoms. The van der Waals surface area contributed by atoms with E-state index in [1.165, 1.54) is 0 Å². The van der Waals surface area contributed by atoms with Crippen molar-refractivity contribution in [2.24, 2.45) is 5.92 Å². The fourth-order valence-corrected chi connectivity index (χ4v) is 0.123. The lowest BCUT2D eigenvalue weighted by molar-refractivity contribution is -0.109. The van der Waals surface area contributed by atoms with Crippen LogP contribution in [-0.4, -0.2) is 24.7 Å². The number of carbonyl (C=O) groups is 1. The van der Waals surface area contributed by atoms with Crippen molar-refractivity contribution >= 4 is 6.41 Å². The first kappa shape index (κ1) is 23.3. The van der Waals surface area contributed by atoms with Crippen molar-refractivity contribution < 1.29 is 9.90 Å². The van der Waals surface area contributed by atoms with Crippen molar-refractivity contribution in [1.82, 2.24) is 5.32 Å². The van der Waals surface area contributed by atoms with Crippen LogP contribution in [0, 0.1) is 5.92 Å². The van der Waals surface area contributed by atoms with Gasteiger partial charge in [-0.2, -0.15) is 0 Å². The van der Waals surface area contributed by atoms with Crippen LogP contribution in [-0.2, 0) is 4.79 Å². The Morgan fingerprint density at radius 1 is 1.14 bits per heavy atom. The van der Waals surface area contributed by atoms with E-state index in [0.29, 0.717) is 13.0 Å². The second kappa shape index (κ2) is 39.3. The number of aliphatic hydroxyl groups excluding tert-OH is 1. The number of rotatable bonds is 3. The summed E-state index contributed by atoms with van der Waals surface area (Å²) in [7, 11) is 0. The maximum Gasteiger partial charge on any atom is 0.207 e. The molecule has 90 valence electrons. The molecule has 0 unspecified atom stereocenters. The molecule has 0 aliphatic heterocycles. The van der Waals surface area contributed by atoms with Gasteiger partial charge in [0.25, 0.3) is 0 Å². The fourth-order valence-electron chi connectivity index (χ4n) is 0.123. The summed E-state index contributed by atoms with van der Waals surface area (Å²) in [5.74, 6) is 0.833. The second-order valence-corrected chi connectivity index (χ2v) is 2.53. The van der Waals surface area contributed by atoms with Gasteiger partial charge in [-0.05, 0) is 5.92 Å². The number of amides is 1. The average Bonchev–Trinajstić information content (AvgIpc) is 2.20. The highest BCUT2D eigenvalue weighted by Gasteiger charge is 1.70. The Morgan fingerprint density at radius 2 is 1.43 bits per heavy atom. The van der Waals surface area contributed by atoms with E-state index in [2.05, 4.69) is 26.1 Å². The highest BCUT2D eigenvalue weighted by atomic mass is 16.3. The standard InChI is InChI=1S/C4H10.C3H7NO2.2C2H6/c1-4(2)3;5-2-1-4-3-6;2*1-2/h4H,1-3H3;3,5H,1-2H2,(H,4,6);2*1-2H3. The van der Waals surface area contributed by atoms with Crippen LogP contribution in [0.5, 0.6) is 0 Å². The molecule has 0 rings (SSSR count). The third kappa shape index (κ3) is 211. The summed E-state index contributed by atoms with van der Waals surface area (Å²) in [5.41, 5.74) is 0. The molecule has 0 spiro atoms. The molecule has 0 atom stereocenters. The molecule has 1 amide bonds. The van der Waals surface area contributed by atoms with Crippen molar-refractivity contribution in [2.75, 3.05) is 13.2 Å². The van der Waals surface area contributed by atoms with Crippen molar-refractivity contribution in [1.29, 1.82) is 0 Å². The van der Waals surface area contributed by atoms with Crippen LogP contribution >= 0.6 is 0 Å². The summed E-state index contributed by atoms with van der Waals surface area (Å²) in [4.78, 5) is 9.34. The van der Waals surface area contributed by atoms with Gasteiger partial charge in [0.1, 0.15) is 0 Å². The van der Waals surface area contributed by atoms with E-state index in [1.807, 2.05) is 27.7 Å². The summed E-state index contributed by atoms with van der Waals surface area (Å²) < 4.78 is 0. The predicted molar refractivity (Wildman–Crippen MR) is 64.4 cm³/mol. The highest BCUT2D eigenvalue weighted by molar-refractivity contribution is 5.45. The van der Waals surface area contributed by atoms with Gasteiger partial charge in [0, 0.05) is 6.54 Å². The molecule has 0 aromatic rings. The molecule has 0 saturated heterocycles. The minimum absolute atomic E-state index is 0.0126. The van der Waals surface area contributed by atoms with Crippen molar-refractivity contribution in [3.8, 4) is 0 Å². The van der Waals surface area contributed by atoms with E-state index in [4.69, 9.17) is 5.11 Å². The molecular weight excluding hydrogens is 178 g/mol. The van der Waals surface area contributed by atoms with Crippen LogP contribution in [0.15, 0.2) is 0 Å². The number of aliphatic hydroxyl groups is 1. The predicted octanol–water partition coefficient (Wildman–Crippen LogP) is 2.44. The molecule has 0 aromatic carbocycles. The quantitative estimate of drug-likeness (QED) is 0.551. The third-order valence-corrected chi connectivity index (χ3v) is 0.339. The molecule has 0 aliphatic rings. The lowest BCUT2D eigenvalue weighted by Gasteiger charge is -1.85. The van der Waals surface area contributed by atoms with Crippen LogP contribution in [0.4, 0.5) is 0 Å². The molecule has 0 saturated carbocycles. The van der Waals surface area contributed by atoms with Crippen molar-refractivity contribution in [3.63, 3.8) is 0 Å². The van der Waals surface area contributed by atoms with Gasteiger partial charge >= 0.3 is 0 Å². The minimum atomic E-state index is 0.0126. The van der Waals surface area contributed by atoms with Crippen molar-refractivity contribution in [2.45, 2.75) is 48.5 Å². The number of nitrogens with one attached hydrogen (secondary N) is 1. The Morgan fingerprint density at radius 3 is 1.50 bits per heavy atom. The Balaban J connectivity index is -0.0000000546. The summed E-state index contributed by atoms with van der Waals surface area (Å²) >= 11 is 0. The molecular formula is C11H29NO2. The molecule has 2 N–H and O–H groups in total. The zero-order valence-electron chi connectivity index (χ0n) is 10.9. The summed E-state index contributed by atoms with van der Waals surface area (Å²) in [6, 6.07) is 0. The Hall–Kier alpha value is -0.570. The maximum atomic E-state index is 9.34. The lowest BCUT2D eigenvalue weighted by atomic mass is 10.3. The van der Waals surface area contributed by atoms with Gasteiger partial charge < -0.3 is 10.4 Å². The molecule has 0 aliphatic carbocycles. The van der Waals surface area contributed by atoms with E-state index >= 15 is 0 Å². The van der Waals surface area contributed by atoms with Crippen LogP contribution < -0.4 is 5.32 Å². The van der Waals surface area contributed by atoms with Gasteiger partial charge in [-0.3, -0.25) is 4.79 Å². The first-order valence-corrected chi connectivity index (χ1v) is 5.43. The third-order valence-electron chi connectivity index (χ3n) is 0.339. The Labute approximate surface area is 89.9 Å². The zero-order chi connectivity index (χ0) is 12.4. The molecule has 3 nitrogen and oxygen atoms in total. The fraction of sp³-hybridized carbons (Fsp3) is 0.909. The van der Waals surface area contributed by atoms with E-state index in [-0.39, 0.29) is 6.61 Å².